The van der Waals surface area contributed by atoms with Crippen molar-refractivity contribution >= 4 is 21.6 Å². The van der Waals surface area contributed by atoms with Gasteiger partial charge in [-0.2, -0.15) is 4.31 Å². The first-order valence-electron chi connectivity index (χ1n) is 14.0. The van der Waals surface area contributed by atoms with Gasteiger partial charge in [-0.05, 0) is 73.2 Å². The highest BCUT2D eigenvalue weighted by Crippen LogP contribution is 2.35. The second kappa shape index (κ2) is 12.3. The van der Waals surface area contributed by atoms with Crippen LogP contribution in [0, 0.1) is 13.8 Å². The molecule has 4 aromatic rings. The maximum absolute atomic E-state index is 13.8. The molecular weight excluding hydrogens is 580 g/mol. The Morgan fingerprint density at radius 2 is 1.95 bits per heavy atom. The lowest BCUT2D eigenvalue weighted by Crippen LogP contribution is -2.36. The van der Waals surface area contributed by atoms with Crippen LogP contribution in [0.5, 0.6) is 5.88 Å². The third-order valence-electron chi connectivity index (χ3n) is 7.76. The summed E-state index contributed by atoms with van der Waals surface area (Å²) in [4.78, 5) is 17.0. The fourth-order valence-electron chi connectivity index (χ4n) is 5.39. The Bertz CT molecular complexity index is 1760. The number of benzene rings is 1. The van der Waals surface area contributed by atoms with Gasteiger partial charge in [-0.1, -0.05) is 25.1 Å². The van der Waals surface area contributed by atoms with Crippen LogP contribution < -0.4 is 4.74 Å². The molecule has 0 amide bonds. The Labute approximate surface area is 248 Å². The predicted molar refractivity (Wildman–Crippen MR) is 153 cm³/mol. The summed E-state index contributed by atoms with van der Waals surface area (Å²) in [7, 11) is -3.93. The van der Waals surface area contributed by atoms with Gasteiger partial charge < -0.3 is 9.47 Å². The van der Waals surface area contributed by atoms with Crippen LogP contribution in [0.3, 0.4) is 0 Å². The van der Waals surface area contributed by atoms with Gasteiger partial charge in [0.15, 0.2) is 5.65 Å². The van der Waals surface area contributed by atoms with Crippen molar-refractivity contribution in [3.63, 3.8) is 0 Å². The zero-order valence-electron chi connectivity index (χ0n) is 24.3. The third-order valence-corrected chi connectivity index (χ3v) is 9.58. The molecule has 13 heteroatoms. The molecule has 43 heavy (non-hydrogen) atoms. The lowest BCUT2D eigenvalue weighted by atomic mass is 9.85. The van der Waals surface area contributed by atoms with E-state index in [1.807, 2.05) is 32.0 Å². The number of sulfonamides is 1. The first-order valence-corrected chi connectivity index (χ1v) is 15.5. The molecule has 1 aromatic carbocycles. The second-order valence-corrected chi connectivity index (χ2v) is 12.4. The van der Waals surface area contributed by atoms with Crippen LogP contribution in [-0.4, -0.2) is 57.5 Å². The number of rotatable bonds is 9. The van der Waals surface area contributed by atoms with Crippen LogP contribution in [0.1, 0.15) is 72.7 Å². The normalized spacial score (nSPS) is 17.3. The van der Waals surface area contributed by atoms with E-state index in [0.29, 0.717) is 17.5 Å². The lowest BCUT2D eigenvalue weighted by molar-refractivity contribution is -0.143. The molecule has 0 spiro atoms. The molecule has 2 atom stereocenters. The van der Waals surface area contributed by atoms with Crippen LogP contribution in [0.25, 0.3) is 5.65 Å². The number of esters is 1. The number of ether oxygens (including phenoxy) is 2. The zero-order valence-corrected chi connectivity index (χ0v) is 25.1. The molecule has 228 valence electrons. The Morgan fingerprint density at radius 1 is 1.16 bits per heavy atom. The van der Waals surface area contributed by atoms with Crippen molar-refractivity contribution in [1.82, 2.24) is 23.9 Å². The van der Waals surface area contributed by atoms with Crippen molar-refractivity contribution in [2.24, 2.45) is 0 Å². The molecule has 0 bridgehead atoms. The van der Waals surface area contributed by atoms with E-state index >= 15 is 0 Å². The number of carbonyl (C=O) groups excluding carboxylic acids is 1. The SMILES string of the molecule is CCOC(=O)CC(c1ccc(C)c(CN2C[C@@H](CC)Oc3ncccc3S2(=O)=O)c1)c1ccn2c(C(F)F)nnc2c1C. The van der Waals surface area contributed by atoms with E-state index in [0.717, 1.165) is 16.7 Å². The van der Waals surface area contributed by atoms with E-state index in [4.69, 9.17) is 9.47 Å². The molecule has 0 aliphatic carbocycles. The van der Waals surface area contributed by atoms with E-state index in [9.17, 15) is 22.0 Å². The number of alkyl halides is 2. The van der Waals surface area contributed by atoms with Crippen molar-refractivity contribution in [3.05, 3.63) is 82.4 Å². The van der Waals surface area contributed by atoms with E-state index < -0.39 is 34.2 Å². The van der Waals surface area contributed by atoms with Crippen LogP contribution in [0.4, 0.5) is 8.78 Å². The molecule has 1 aliphatic heterocycles. The number of pyridine rings is 2. The maximum atomic E-state index is 13.8. The molecule has 10 nitrogen and oxygen atoms in total. The zero-order chi connectivity index (χ0) is 30.9. The van der Waals surface area contributed by atoms with Gasteiger partial charge in [0.1, 0.15) is 11.0 Å². The van der Waals surface area contributed by atoms with Crippen molar-refractivity contribution < 1.29 is 31.5 Å². The van der Waals surface area contributed by atoms with Crippen molar-refractivity contribution in [3.8, 4) is 5.88 Å². The molecule has 3 aromatic heterocycles. The van der Waals surface area contributed by atoms with E-state index in [2.05, 4.69) is 15.2 Å². The largest absolute Gasteiger partial charge is 0.472 e. The van der Waals surface area contributed by atoms with E-state index in [1.54, 1.807) is 26.0 Å². The van der Waals surface area contributed by atoms with Gasteiger partial charge in [0.2, 0.25) is 21.7 Å². The van der Waals surface area contributed by atoms with E-state index in [-0.39, 0.29) is 48.6 Å². The fraction of sp³-hybridized carbons (Fsp3) is 0.400. The van der Waals surface area contributed by atoms with Crippen molar-refractivity contribution in [2.75, 3.05) is 13.2 Å². The average Bonchev–Trinajstić information content (AvgIpc) is 3.38. The highest BCUT2D eigenvalue weighted by atomic mass is 32.2. The highest BCUT2D eigenvalue weighted by Gasteiger charge is 2.35. The number of carbonyl (C=O) groups is 1. The Balaban J connectivity index is 1.57. The molecule has 0 fully saturated rings. The molecule has 1 unspecified atom stereocenters. The quantitative estimate of drug-likeness (QED) is 0.239. The smallest absolute Gasteiger partial charge is 0.306 e. The first kappa shape index (κ1) is 30.5. The monoisotopic (exact) mass is 613 g/mol. The number of halogens is 2. The van der Waals surface area contributed by atoms with Gasteiger partial charge in [-0.3, -0.25) is 9.20 Å². The van der Waals surface area contributed by atoms with Crippen molar-refractivity contribution in [1.29, 1.82) is 0 Å². The van der Waals surface area contributed by atoms with E-state index in [1.165, 1.54) is 27.2 Å². The van der Waals surface area contributed by atoms with Gasteiger partial charge in [-0.25, -0.2) is 22.2 Å². The Kier molecular flexibility index (Phi) is 8.74. The molecule has 0 radical (unpaired) electrons. The average molecular weight is 614 g/mol. The molecule has 5 rings (SSSR count). The summed E-state index contributed by atoms with van der Waals surface area (Å²) in [6.07, 6.45) is 0.358. The number of nitrogens with zero attached hydrogens (tertiary/aromatic N) is 5. The van der Waals surface area contributed by atoms with Crippen molar-refractivity contribution in [2.45, 2.75) is 70.4 Å². The Hall–Kier alpha value is -3.97. The summed E-state index contributed by atoms with van der Waals surface area (Å²) in [6, 6.07) is 10.4. The van der Waals surface area contributed by atoms with Gasteiger partial charge in [0.25, 0.3) is 6.43 Å². The first-order chi connectivity index (χ1) is 20.5. The number of hydrogen-bond acceptors (Lipinski definition) is 8. The molecule has 0 saturated heterocycles. The summed E-state index contributed by atoms with van der Waals surface area (Å²) in [5, 5.41) is 7.64. The maximum Gasteiger partial charge on any atom is 0.306 e. The minimum Gasteiger partial charge on any atom is -0.472 e. The molecule has 4 heterocycles. The summed E-state index contributed by atoms with van der Waals surface area (Å²) in [5.74, 6) is -1.32. The number of aryl methyl sites for hydroxylation is 2. The lowest BCUT2D eigenvalue weighted by Gasteiger charge is -2.25. The summed E-state index contributed by atoms with van der Waals surface area (Å²) in [5.41, 5.74) is 3.92. The molecular formula is C30H33F2N5O5S. The molecule has 0 N–H and O–H groups in total. The van der Waals surface area contributed by atoms with Crippen LogP contribution >= 0.6 is 0 Å². The van der Waals surface area contributed by atoms with Gasteiger partial charge >= 0.3 is 5.97 Å². The topological polar surface area (TPSA) is 116 Å². The summed E-state index contributed by atoms with van der Waals surface area (Å²) >= 11 is 0. The number of aromatic nitrogens is 4. The fourth-order valence-corrected chi connectivity index (χ4v) is 6.91. The minimum atomic E-state index is -3.93. The van der Waals surface area contributed by atoms with Crippen LogP contribution in [0.15, 0.2) is 53.7 Å². The molecule has 1 aliphatic rings. The van der Waals surface area contributed by atoms with Gasteiger partial charge in [-0.15, -0.1) is 10.2 Å². The summed E-state index contributed by atoms with van der Waals surface area (Å²) in [6.45, 7) is 7.71. The van der Waals surface area contributed by atoms with Gasteiger partial charge in [0, 0.05) is 24.9 Å². The number of hydrogen-bond donors (Lipinski definition) is 0. The molecule has 0 saturated carbocycles. The predicted octanol–water partition coefficient (Wildman–Crippen LogP) is 5.13. The Morgan fingerprint density at radius 3 is 2.67 bits per heavy atom. The highest BCUT2D eigenvalue weighted by molar-refractivity contribution is 7.89. The number of fused-ring (bicyclic) bond motifs is 2. The van der Waals surface area contributed by atoms with Crippen LogP contribution in [-0.2, 0) is 26.1 Å². The second-order valence-electron chi connectivity index (χ2n) is 10.4. The summed E-state index contributed by atoms with van der Waals surface area (Å²) < 4.78 is 68.3. The van der Waals surface area contributed by atoms with Gasteiger partial charge in [0.05, 0.1) is 19.6 Å². The standard InChI is InChI=1S/C30H33F2N5O5S/c1-5-22-17-36(43(39,40)25-8-7-12-33-30(25)42-22)16-21-14-20(10-9-18(21)3)24(15-26(38)41-6-2)23-11-13-37-28(19(23)4)34-35-29(37)27(31)32/h7-14,22,24,27H,5-6,15-17H2,1-4H3/t22-,24?/m1/s1. The third kappa shape index (κ3) is 5.96. The van der Waals surface area contributed by atoms with Crippen LogP contribution in [0.2, 0.25) is 0 Å². The minimum absolute atomic E-state index is 0.0142.